The number of rotatable bonds is 8. The van der Waals surface area contributed by atoms with Gasteiger partial charge in [-0.05, 0) is 45.1 Å². The van der Waals surface area contributed by atoms with Gasteiger partial charge >= 0.3 is 0 Å². The lowest BCUT2D eigenvalue weighted by molar-refractivity contribution is 0.425. The molecule has 0 aliphatic rings. The third-order valence-corrected chi connectivity index (χ3v) is 2.46. The van der Waals surface area contributed by atoms with E-state index in [-0.39, 0.29) is 0 Å². The Hall–Kier alpha value is -0.300. The topological polar surface area (TPSA) is 12.0 Å². The summed E-state index contributed by atoms with van der Waals surface area (Å²) in [4.78, 5) is 0. The Morgan fingerprint density at radius 2 is 1.92 bits per heavy atom. The van der Waals surface area contributed by atoms with Crippen molar-refractivity contribution in [3.05, 3.63) is 12.7 Å². The van der Waals surface area contributed by atoms with Gasteiger partial charge in [0, 0.05) is 6.04 Å². The van der Waals surface area contributed by atoms with Crippen LogP contribution in [0.15, 0.2) is 12.7 Å². The fourth-order valence-electron chi connectivity index (χ4n) is 1.48. The van der Waals surface area contributed by atoms with Crippen molar-refractivity contribution in [2.24, 2.45) is 5.92 Å². The first-order valence-corrected chi connectivity index (χ1v) is 5.48. The molecule has 1 atom stereocenters. The Morgan fingerprint density at radius 1 is 1.23 bits per heavy atom. The predicted molar refractivity (Wildman–Crippen MR) is 61.0 cm³/mol. The van der Waals surface area contributed by atoms with Crippen LogP contribution in [0.5, 0.6) is 0 Å². The zero-order valence-electron chi connectivity index (χ0n) is 9.47. The summed E-state index contributed by atoms with van der Waals surface area (Å²) in [5, 5.41) is 3.38. The van der Waals surface area contributed by atoms with Crippen molar-refractivity contribution < 1.29 is 0 Å². The highest BCUT2D eigenvalue weighted by Gasteiger charge is 2.05. The largest absolute Gasteiger partial charge is 0.317 e. The molecule has 0 bridgehead atoms. The fraction of sp³-hybridized carbons (Fsp3) is 0.833. The lowest BCUT2D eigenvalue weighted by atomic mass is 9.99. The van der Waals surface area contributed by atoms with Crippen molar-refractivity contribution in [1.82, 2.24) is 5.32 Å². The van der Waals surface area contributed by atoms with E-state index in [1.807, 2.05) is 6.08 Å². The van der Waals surface area contributed by atoms with E-state index >= 15 is 0 Å². The van der Waals surface area contributed by atoms with Crippen LogP contribution in [0, 0.1) is 5.92 Å². The van der Waals surface area contributed by atoms with Crippen LogP contribution >= 0.6 is 0 Å². The van der Waals surface area contributed by atoms with Crippen LogP contribution in [0.2, 0.25) is 0 Å². The second-order valence-corrected chi connectivity index (χ2v) is 4.18. The predicted octanol–water partition coefficient (Wildman–Crippen LogP) is 3.37. The summed E-state index contributed by atoms with van der Waals surface area (Å²) in [6.45, 7) is 8.31. The molecule has 0 amide bonds. The van der Waals surface area contributed by atoms with Crippen LogP contribution in [0.1, 0.15) is 46.0 Å². The molecule has 0 saturated carbocycles. The standard InChI is InChI=1S/C12H25N/c1-5-6-7-8-12(13-4)10-9-11(2)3/h5,11-13H,1,6-10H2,2-4H3. The van der Waals surface area contributed by atoms with E-state index in [9.17, 15) is 0 Å². The van der Waals surface area contributed by atoms with E-state index < -0.39 is 0 Å². The Morgan fingerprint density at radius 3 is 2.38 bits per heavy atom. The first kappa shape index (κ1) is 12.7. The van der Waals surface area contributed by atoms with Crippen LogP contribution in [0.3, 0.4) is 0 Å². The van der Waals surface area contributed by atoms with Gasteiger partial charge in [0.05, 0.1) is 0 Å². The van der Waals surface area contributed by atoms with Crippen molar-refractivity contribution in [2.75, 3.05) is 7.05 Å². The van der Waals surface area contributed by atoms with Gasteiger partial charge < -0.3 is 5.32 Å². The average Bonchev–Trinajstić information content (AvgIpc) is 2.10. The van der Waals surface area contributed by atoms with Crippen LogP contribution in [0.4, 0.5) is 0 Å². The van der Waals surface area contributed by atoms with Crippen molar-refractivity contribution in [1.29, 1.82) is 0 Å². The Balaban J connectivity index is 3.44. The number of allylic oxidation sites excluding steroid dienone is 1. The highest BCUT2D eigenvalue weighted by Crippen LogP contribution is 2.11. The molecule has 13 heavy (non-hydrogen) atoms. The van der Waals surface area contributed by atoms with E-state index in [2.05, 4.69) is 32.8 Å². The second-order valence-electron chi connectivity index (χ2n) is 4.18. The lowest BCUT2D eigenvalue weighted by Crippen LogP contribution is -2.25. The summed E-state index contributed by atoms with van der Waals surface area (Å²) in [5.41, 5.74) is 0. The highest BCUT2D eigenvalue weighted by molar-refractivity contribution is 4.70. The van der Waals surface area contributed by atoms with Gasteiger partial charge in [-0.3, -0.25) is 0 Å². The summed E-state index contributed by atoms with van der Waals surface area (Å²) in [7, 11) is 2.07. The van der Waals surface area contributed by atoms with E-state index in [1.54, 1.807) is 0 Å². The molecule has 0 aromatic rings. The molecule has 1 nitrogen and oxygen atoms in total. The minimum absolute atomic E-state index is 0.711. The maximum atomic E-state index is 3.74. The summed E-state index contributed by atoms with van der Waals surface area (Å²) in [6.07, 6.45) is 8.36. The van der Waals surface area contributed by atoms with Crippen molar-refractivity contribution >= 4 is 0 Å². The SMILES string of the molecule is C=CCCCC(CCC(C)C)NC. The first-order chi connectivity index (χ1) is 6.20. The lowest BCUT2D eigenvalue weighted by Gasteiger charge is -2.16. The molecule has 1 unspecified atom stereocenters. The first-order valence-electron chi connectivity index (χ1n) is 5.48. The molecule has 0 fully saturated rings. The van der Waals surface area contributed by atoms with Crippen LogP contribution in [-0.4, -0.2) is 13.1 Å². The summed E-state index contributed by atoms with van der Waals surface area (Å²) < 4.78 is 0. The van der Waals surface area contributed by atoms with E-state index in [0.29, 0.717) is 6.04 Å². The molecule has 0 spiro atoms. The Bertz CT molecular complexity index is 118. The molecule has 1 N–H and O–H groups in total. The number of unbranched alkanes of at least 4 members (excludes halogenated alkanes) is 1. The van der Waals surface area contributed by atoms with Gasteiger partial charge in [-0.25, -0.2) is 0 Å². The van der Waals surface area contributed by atoms with Crippen molar-refractivity contribution in [3.63, 3.8) is 0 Å². The van der Waals surface area contributed by atoms with Gasteiger partial charge in [0.2, 0.25) is 0 Å². The Kier molecular flexibility index (Phi) is 8.11. The van der Waals surface area contributed by atoms with E-state index in [0.717, 1.165) is 12.3 Å². The third-order valence-electron chi connectivity index (χ3n) is 2.46. The summed E-state index contributed by atoms with van der Waals surface area (Å²) in [5.74, 6) is 0.829. The summed E-state index contributed by atoms with van der Waals surface area (Å²) >= 11 is 0. The van der Waals surface area contributed by atoms with Gasteiger partial charge in [-0.1, -0.05) is 19.9 Å². The minimum atomic E-state index is 0.711. The average molecular weight is 183 g/mol. The summed E-state index contributed by atoms with van der Waals surface area (Å²) in [6, 6.07) is 0.711. The monoisotopic (exact) mass is 183 g/mol. The fourth-order valence-corrected chi connectivity index (χ4v) is 1.48. The van der Waals surface area contributed by atoms with Gasteiger partial charge in [0.25, 0.3) is 0 Å². The molecule has 78 valence electrons. The van der Waals surface area contributed by atoms with Crippen LogP contribution in [0.25, 0.3) is 0 Å². The van der Waals surface area contributed by atoms with Gasteiger partial charge in [0.15, 0.2) is 0 Å². The molecule has 0 aromatic carbocycles. The molecule has 0 aromatic heterocycles. The molecule has 0 aliphatic heterocycles. The normalized spacial score (nSPS) is 13.2. The number of hydrogen-bond donors (Lipinski definition) is 1. The Labute approximate surface area is 83.6 Å². The molecule has 0 saturated heterocycles. The smallest absolute Gasteiger partial charge is 0.00642 e. The van der Waals surface area contributed by atoms with E-state index in [1.165, 1.54) is 25.7 Å². The zero-order valence-corrected chi connectivity index (χ0v) is 9.47. The second kappa shape index (κ2) is 8.31. The van der Waals surface area contributed by atoms with Gasteiger partial charge in [-0.2, -0.15) is 0 Å². The quantitative estimate of drug-likeness (QED) is 0.449. The molecule has 0 aliphatic carbocycles. The van der Waals surface area contributed by atoms with Gasteiger partial charge in [-0.15, -0.1) is 6.58 Å². The maximum Gasteiger partial charge on any atom is 0.00642 e. The molecule has 0 rings (SSSR count). The molecule has 0 radical (unpaired) electrons. The maximum absolute atomic E-state index is 3.74. The van der Waals surface area contributed by atoms with Crippen LogP contribution < -0.4 is 5.32 Å². The van der Waals surface area contributed by atoms with Crippen LogP contribution in [-0.2, 0) is 0 Å². The van der Waals surface area contributed by atoms with Gasteiger partial charge in [0.1, 0.15) is 0 Å². The van der Waals surface area contributed by atoms with Crippen molar-refractivity contribution in [2.45, 2.75) is 52.0 Å². The molecule has 1 heteroatoms. The van der Waals surface area contributed by atoms with E-state index in [4.69, 9.17) is 0 Å². The van der Waals surface area contributed by atoms with Crippen molar-refractivity contribution in [3.8, 4) is 0 Å². The molecular weight excluding hydrogens is 158 g/mol. The molecule has 0 heterocycles. The molecular formula is C12H25N. The number of nitrogens with one attached hydrogen (secondary N) is 1. The third kappa shape index (κ3) is 8.04. The zero-order chi connectivity index (χ0) is 10.1. The minimum Gasteiger partial charge on any atom is -0.317 e. The highest BCUT2D eigenvalue weighted by atomic mass is 14.9. The number of hydrogen-bond acceptors (Lipinski definition) is 1.